The van der Waals surface area contributed by atoms with Crippen LogP contribution in [0.2, 0.25) is 0 Å². The van der Waals surface area contributed by atoms with Gasteiger partial charge in [-0.3, -0.25) is 9.59 Å². The number of halogens is 1. The summed E-state index contributed by atoms with van der Waals surface area (Å²) in [5, 5.41) is 22.4. The van der Waals surface area contributed by atoms with E-state index >= 15 is 0 Å². The number of rotatable bonds is 6. The summed E-state index contributed by atoms with van der Waals surface area (Å²) in [4.78, 5) is 22.9. The minimum atomic E-state index is -1.11. The molecule has 1 heterocycles. The molecule has 21 heavy (non-hydrogen) atoms. The van der Waals surface area contributed by atoms with Crippen molar-refractivity contribution >= 4 is 27.8 Å². The number of amides is 1. The van der Waals surface area contributed by atoms with Crippen LogP contribution in [0.4, 0.5) is 0 Å². The van der Waals surface area contributed by atoms with Gasteiger partial charge in [0.05, 0.1) is 0 Å². The van der Waals surface area contributed by atoms with E-state index < -0.39 is 18.4 Å². The molecule has 0 aliphatic carbocycles. The van der Waals surface area contributed by atoms with Gasteiger partial charge in [-0.1, -0.05) is 28.1 Å². The minimum absolute atomic E-state index is 0.168. The molecular weight excluding hydrogens is 342 g/mol. The maximum absolute atomic E-state index is 11.4. The van der Waals surface area contributed by atoms with Gasteiger partial charge in [-0.25, -0.2) is 0 Å². The summed E-state index contributed by atoms with van der Waals surface area (Å²) in [6.07, 6.45) is 0.496. The van der Waals surface area contributed by atoms with E-state index in [0.29, 0.717) is 12.2 Å². The van der Waals surface area contributed by atoms with E-state index in [4.69, 9.17) is 5.11 Å². The van der Waals surface area contributed by atoms with Crippen LogP contribution in [0.3, 0.4) is 0 Å². The van der Waals surface area contributed by atoms with Gasteiger partial charge in [0.25, 0.3) is 0 Å². The first-order valence-electron chi connectivity index (χ1n) is 6.02. The Balaban J connectivity index is 1.92. The number of nitrogens with zero attached hydrogens (tertiary/aromatic N) is 4. The van der Waals surface area contributed by atoms with Gasteiger partial charge in [0.1, 0.15) is 13.1 Å². The highest BCUT2D eigenvalue weighted by Crippen LogP contribution is 2.13. The van der Waals surface area contributed by atoms with Crippen LogP contribution in [0.1, 0.15) is 11.4 Å². The maximum atomic E-state index is 11.4. The SMILES string of the molecule is O=C(O)CNC(=O)Cn1nnc(Cc2cccc(Br)c2)n1. The van der Waals surface area contributed by atoms with E-state index in [-0.39, 0.29) is 6.54 Å². The second-order valence-corrected chi connectivity index (χ2v) is 5.13. The van der Waals surface area contributed by atoms with E-state index in [2.05, 4.69) is 36.7 Å². The molecule has 1 aromatic carbocycles. The zero-order chi connectivity index (χ0) is 15.2. The lowest BCUT2D eigenvalue weighted by Gasteiger charge is -2.00. The third-order valence-corrected chi connectivity index (χ3v) is 2.96. The highest BCUT2D eigenvalue weighted by molar-refractivity contribution is 9.10. The molecule has 0 saturated heterocycles. The molecule has 1 aromatic heterocycles. The van der Waals surface area contributed by atoms with Gasteiger partial charge in [0.15, 0.2) is 5.82 Å². The molecule has 2 N–H and O–H groups in total. The fourth-order valence-corrected chi connectivity index (χ4v) is 2.05. The van der Waals surface area contributed by atoms with Crippen molar-refractivity contribution in [3.8, 4) is 0 Å². The van der Waals surface area contributed by atoms with Gasteiger partial charge < -0.3 is 10.4 Å². The van der Waals surface area contributed by atoms with Crippen molar-refractivity contribution in [3.63, 3.8) is 0 Å². The van der Waals surface area contributed by atoms with Crippen LogP contribution >= 0.6 is 15.9 Å². The predicted octanol–water partition coefficient (Wildman–Crippen LogP) is 0.227. The Hall–Kier alpha value is -2.29. The molecule has 0 aliphatic heterocycles. The van der Waals surface area contributed by atoms with Gasteiger partial charge in [0, 0.05) is 10.9 Å². The summed E-state index contributed by atoms with van der Waals surface area (Å²) in [5.74, 6) is -1.10. The van der Waals surface area contributed by atoms with Crippen molar-refractivity contribution in [2.75, 3.05) is 6.54 Å². The molecule has 0 unspecified atom stereocenters. The molecule has 0 fully saturated rings. The number of nitrogens with one attached hydrogen (secondary N) is 1. The van der Waals surface area contributed by atoms with Gasteiger partial charge in [0.2, 0.25) is 5.91 Å². The Morgan fingerprint density at radius 2 is 2.19 bits per heavy atom. The van der Waals surface area contributed by atoms with Crippen molar-refractivity contribution in [1.29, 1.82) is 0 Å². The van der Waals surface area contributed by atoms with Gasteiger partial charge in [-0.05, 0) is 22.9 Å². The Morgan fingerprint density at radius 1 is 1.38 bits per heavy atom. The Morgan fingerprint density at radius 3 is 2.90 bits per heavy atom. The number of tetrazole rings is 1. The van der Waals surface area contributed by atoms with Crippen LogP contribution in [0, 0.1) is 0 Å². The number of carboxylic acid groups (broad SMARTS) is 1. The first-order valence-corrected chi connectivity index (χ1v) is 6.82. The fourth-order valence-electron chi connectivity index (χ4n) is 1.60. The number of hydrogen-bond acceptors (Lipinski definition) is 5. The number of aliphatic carboxylic acids is 1. The first kappa shape index (κ1) is 15.1. The van der Waals surface area contributed by atoms with Crippen molar-refractivity contribution in [1.82, 2.24) is 25.5 Å². The summed E-state index contributed by atoms with van der Waals surface area (Å²) in [7, 11) is 0. The lowest BCUT2D eigenvalue weighted by atomic mass is 10.1. The number of carbonyl (C=O) groups excluding carboxylic acids is 1. The van der Waals surface area contributed by atoms with Gasteiger partial charge >= 0.3 is 5.97 Å². The van der Waals surface area contributed by atoms with Crippen LogP contribution in [0.25, 0.3) is 0 Å². The highest BCUT2D eigenvalue weighted by atomic mass is 79.9. The number of carbonyl (C=O) groups is 2. The monoisotopic (exact) mass is 353 g/mol. The zero-order valence-corrected chi connectivity index (χ0v) is 12.4. The van der Waals surface area contributed by atoms with Gasteiger partial charge in [-0.2, -0.15) is 4.80 Å². The first-order chi connectivity index (χ1) is 10.0. The molecule has 0 aliphatic rings. The molecular formula is C12H12BrN5O3. The Bertz CT molecular complexity index is 658. The number of carboxylic acids is 1. The van der Waals surface area contributed by atoms with Crippen LogP contribution in [0.5, 0.6) is 0 Å². The summed E-state index contributed by atoms with van der Waals surface area (Å²) in [6.45, 7) is -0.600. The molecule has 110 valence electrons. The summed E-state index contributed by atoms with van der Waals surface area (Å²) >= 11 is 3.38. The molecule has 0 radical (unpaired) electrons. The van der Waals surface area contributed by atoms with Crippen molar-refractivity contribution < 1.29 is 14.7 Å². The molecule has 8 nitrogen and oxygen atoms in total. The van der Waals surface area contributed by atoms with Crippen LogP contribution in [0.15, 0.2) is 28.7 Å². The topological polar surface area (TPSA) is 110 Å². The molecule has 0 spiro atoms. The standard InChI is InChI=1S/C12H12BrN5O3/c13-9-3-1-2-8(4-9)5-10-15-17-18(16-10)7-11(19)14-6-12(20)21/h1-4H,5-7H2,(H,14,19)(H,20,21). The maximum Gasteiger partial charge on any atom is 0.322 e. The molecule has 2 aromatic rings. The van der Waals surface area contributed by atoms with Crippen LogP contribution in [-0.2, 0) is 22.6 Å². The van der Waals surface area contributed by atoms with E-state index in [9.17, 15) is 9.59 Å². The third-order valence-electron chi connectivity index (χ3n) is 2.47. The summed E-state index contributed by atoms with van der Waals surface area (Å²) in [5.41, 5.74) is 1.01. The van der Waals surface area contributed by atoms with Crippen molar-refractivity contribution in [2.24, 2.45) is 0 Å². The second kappa shape index (κ2) is 6.93. The van der Waals surface area contributed by atoms with E-state index in [1.165, 1.54) is 0 Å². The predicted molar refractivity (Wildman–Crippen MR) is 75.4 cm³/mol. The zero-order valence-electron chi connectivity index (χ0n) is 10.9. The number of aromatic nitrogens is 4. The normalized spacial score (nSPS) is 10.3. The average Bonchev–Trinajstić information content (AvgIpc) is 2.83. The summed E-state index contributed by atoms with van der Waals surface area (Å²) < 4.78 is 0.959. The smallest absolute Gasteiger partial charge is 0.322 e. The molecule has 0 atom stereocenters. The Kier molecular flexibility index (Phi) is 4.99. The second-order valence-electron chi connectivity index (χ2n) is 4.21. The molecule has 1 amide bonds. The van der Waals surface area contributed by atoms with E-state index in [0.717, 1.165) is 14.8 Å². The number of hydrogen-bond donors (Lipinski definition) is 2. The molecule has 2 rings (SSSR count). The largest absolute Gasteiger partial charge is 0.480 e. The lowest BCUT2D eigenvalue weighted by molar-refractivity contribution is -0.138. The minimum Gasteiger partial charge on any atom is -0.480 e. The van der Waals surface area contributed by atoms with Crippen molar-refractivity contribution in [2.45, 2.75) is 13.0 Å². The van der Waals surface area contributed by atoms with Crippen LogP contribution in [-0.4, -0.2) is 43.7 Å². The Labute approximate surface area is 128 Å². The van der Waals surface area contributed by atoms with E-state index in [1.54, 1.807) is 0 Å². The van der Waals surface area contributed by atoms with Crippen LogP contribution < -0.4 is 5.32 Å². The fraction of sp³-hybridized carbons (Fsp3) is 0.250. The third kappa shape index (κ3) is 4.95. The highest BCUT2D eigenvalue weighted by Gasteiger charge is 2.09. The summed E-state index contributed by atoms with van der Waals surface area (Å²) in [6, 6.07) is 7.70. The van der Waals surface area contributed by atoms with Gasteiger partial charge in [-0.15, -0.1) is 10.2 Å². The molecule has 9 heteroatoms. The lowest BCUT2D eigenvalue weighted by Crippen LogP contribution is -2.32. The quantitative estimate of drug-likeness (QED) is 0.768. The molecule has 0 saturated carbocycles. The van der Waals surface area contributed by atoms with E-state index in [1.807, 2.05) is 24.3 Å². The number of benzene rings is 1. The molecule has 0 bridgehead atoms. The average molecular weight is 354 g/mol. The van der Waals surface area contributed by atoms with Crippen molar-refractivity contribution in [3.05, 3.63) is 40.1 Å².